The fraction of sp³-hybridized carbons (Fsp3) is 0.125. The minimum Gasteiger partial charge on any atom is -0.366 e. The molecule has 1 amide bonds. The first-order valence-corrected chi connectivity index (χ1v) is 8.24. The standard InChI is InChI=1S/C16H14ClN3OS/c17-8-10-4-6-11(7-5-10)9-22-16-19-13-3-1-2-12(15(18)21)14(13)20-16/h1-7H,8-9H2,(H2,18,21)(H,19,20). The van der Waals surface area contributed by atoms with E-state index in [0.717, 1.165) is 22.0 Å². The summed E-state index contributed by atoms with van der Waals surface area (Å²) in [6.45, 7) is 0. The van der Waals surface area contributed by atoms with E-state index in [-0.39, 0.29) is 0 Å². The van der Waals surface area contributed by atoms with Crippen molar-refractivity contribution in [1.29, 1.82) is 0 Å². The maximum Gasteiger partial charge on any atom is 0.250 e. The number of nitrogens with zero attached hydrogens (tertiary/aromatic N) is 1. The summed E-state index contributed by atoms with van der Waals surface area (Å²) in [5.41, 5.74) is 9.54. The molecule has 2 aromatic carbocycles. The Morgan fingerprint density at radius 2 is 1.91 bits per heavy atom. The number of fused-ring (bicyclic) bond motifs is 1. The molecule has 0 bridgehead atoms. The second kappa shape index (κ2) is 6.42. The maximum atomic E-state index is 11.4. The van der Waals surface area contributed by atoms with E-state index >= 15 is 0 Å². The van der Waals surface area contributed by atoms with Crippen molar-refractivity contribution in [2.75, 3.05) is 0 Å². The van der Waals surface area contributed by atoms with Crippen molar-refractivity contribution in [3.63, 3.8) is 0 Å². The number of aromatic amines is 1. The van der Waals surface area contributed by atoms with E-state index in [0.29, 0.717) is 17.0 Å². The number of hydrogen-bond acceptors (Lipinski definition) is 3. The van der Waals surface area contributed by atoms with Gasteiger partial charge in [0.25, 0.3) is 5.91 Å². The largest absolute Gasteiger partial charge is 0.366 e. The van der Waals surface area contributed by atoms with Crippen LogP contribution in [0.15, 0.2) is 47.6 Å². The van der Waals surface area contributed by atoms with Crippen molar-refractivity contribution in [1.82, 2.24) is 9.97 Å². The average molecular weight is 332 g/mol. The number of rotatable bonds is 5. The monoisotopic (exact) mass is 331 g/mol. The number of para-hydroxylation sites is 1. The van der Waals surface area contributed by atoms with E-state index in [4.69, 9.17) is 17.3 Å². The molecule has 0 unspecified atom stereocenters. The average Bonchev–Trinajstić information content (AvgIpc) is 2.96. The van der Waals surface area contributed by atoms with Crippen LogP contribution in [0, 0.1) is 0 Å². The Morgan fingerprint density at radius 3 is 2.59 bits per heavy atom. The number of alkyl halides is 1. The Hall–Kier alpha value is -1.98. The molecule has 112 valence electrons. The summed E-state index contributed by atoms with van der Waals surface area (Å²) in [5.74, 6) is 0.839. The van der Waals surface area contributed by atoms with Gasteiger partial charge in [-0.1, -0.05) is 42.1 Å². The van der Waals surface area contributed by atoms with Crippen LogP contribution >= 0.6 is 23.4 Å². The lowest BCUT2D eigenvalue weighted by molar-refractivity contribution is 0.100. The van der Waals surface area contributed by atoms with E-state index in [1.54, 1.807) is 23.9 Å². The molecular weight excluding hydrogens is 318 g/mol. The fourth-order valence-electron chi connectivity index (χ4n) is 2.15. The number of nitrogens with two attached hydrogens (primary N) is 1. The first-order valence-electron chi connectivity index (χ1n) is 6.72. The summed E-state index contributed by atoms with van der Waals surface area (Å²) in [6, 6.07) is 13.5. The number of nitrogens with one attached hydrogen (secondary N) is 1. The van der Waals surface area contributed by atoms with Crippen LogP contribution in [0.5, 0.6) is 0 Å². The third-order valence-electron chi connectivity index (χ3n) is 3.31. The Kier molecular flexibility index (Phi) is 4.36. The van der Waals surface area contributed by atoms with Crippen LogP contribution in [0.4, 0.5) is 0 Å². The van der Waals surface area contributed by atoms with Gasteiger partial charge in [0.2, 0.25) is 0 Å². The van der Waals surface area contributed by atoms with Gasteiger partial charge < -0.3 is 10.7 Å². The summed E-state index contributed by atoms with van der Waals surface area (Å²) in [4.78, 5) is 19.1. The molecule has 0 radical (unpaired) electrons. The summed E-state index contributed by atoms with van der Waals surface area (Å²) in [7, 11) is 0. The number of hydrogen-bond donors (Lipinski definition) is 2. The van der Waals surface area contributed by atoms with E-state index in [2.05, 4.69) is 22.1 Å². The van der Waals surface area contributed by atoms with Gasteiger partial charge in [-0.2, -0.15) is 0 Å². The highest BCUT2D eigenvalue weighted by molar-refractivity contribution is 7.98. The molecular formula is C16H14ClN3OS. The number of primary amides is 1. The van der Waals surface area contributed by atoms with Crippen LogP contribution in [-0.4, -0.2) is 15.9 Å². The van der Waals surface area contributed by atoms with Crippen molar-refractivity contribution < 1.29 is 4.79 Å². The molecule has 3 rings (SSSR count). The number of carbonyl (C=O) groups is 1. The number of imidazole rings is 1. The van der Waals surface area contributed by atoms with Crippen molar-refractivity contribution in [3.8, 4) is 0 Å². The molecule has 0 aliphatic rings. The van der Waals surface area contributed by atoms with Gasteiger partial charge in [-0.05, 0) is 23.3 Å². The van der Waals surface area contributed by atoms with Gasteiger partial charge in [-0.3, -0.25) is 4.79 Å². The molecule has 1 aromatic heterocycles. The number of aromatic nitrogens is 2. The van der Waals surface area contributed by atoms with Crippen molar-refractivity contribution in [2.24, 2.45) is 5.73 Å². The van der Waals surface area contributed by atoms with Crippen molar-refractivity contribution in [3.05, 3.63) is 59.2 Å². The molecule has 3 aromatic rings. The van der Waals surface area contributed by atoms with Gasteiger partial charge in [0, 0.05) is 11.6 Å². The summed E-state index contributed by atoms with van der Waals surface area (Å²) in [6.07, 6.45) is 0. The zero-order chi connectivity index (χ0) is 15.5. The van der Waals surface area contributed by atoms with Gasteiger partial charge in [0.05, 0.1) is 11.1 Å². The topological polar surface area (TPSA) is 71.8 Å². The minimum atomic E-state index is -0.467. The van der Waals surface area contributed by atoms with Gasteiger partial charge in [0.15, 0.2) is 5.16 Å². The predicted octanol–water partition coefficient (Wildman–Crippen LogP) is 3.69. The number of halogens is 1. The smallest absolute Gasteiger partial charge is 0.250 e. The molecule has 22 heavy (non-hydrogen) atoms. The van der Waals surface area contributed by atoms with E-state index < -0.39 is 5.91 Å². The molecule has 1 heterocycles. The summed E-state index contributed by atoms with van der Waals surface area (Å²) >= 11 is 7.36. The third kappa shape index (κ3) is 3.10. The highest BCUT2D eigenvalue weighted by Crippen LogP contribution is 2.25. The molecule has 0 spiro atoms. The fourth-order valence-corrected chi connectivity index (χ4v) is 3.16. The lowest BCUT2D eigenvalue weighted by Gasteiger charge is -2.00. The van der Waals surface area contributed by atoms with Gasteiger partial charge in [-0.15, -0.1) is 11.6 Å². The zero-order valence-electron chi connectivity index (χ0n) is 11.7. The van der Waals surface area contributed by atoms with Crippen molar-refractivity contribution >= 4 is 40.3 Å². The molecule has 0 aliphatic heterocycles. The molecule has 0 saturated heterocycles. The van der Waals surface area contributed by atoms with Crippen LogP contribution in [0.3, 0.4) is 0 Å². The minimum absolute atomic E-state index is 0.437. The Bertz CT molecular complexity index is 814. The molecule has 6 heteroatoms. The highest BCUT2D eigenvalue weighted by Gasteiger charge is 2.11. The predicted molar refractivity (Wildman–Crippen MR) is 90.2 cm³/mol. The van der Waals surface area contributed by atoms with Crippen LogP contribution in [0.25, 0.3) is 11.0 Å². The lowest BCUT2D eigenvalue weighted by atomic mass is 10.2. The second-order valence-corrected chi connectivity index (χ2v) is 6.08. The van der Waals surface area contributed by atoms with Gasteiger partial charge in [-0.25, -0.2) is 4.98 Å². The Labute approximate surface area is 137 Å². The second-order valence-electron chi connectivity index (χ2n) is 4.85. The molecule has 4 nitrogen and oxygen atoms in total. The van der Waals surface area contributed by atoms with Crippen LogP contribution in [0.2, 0.25) is 0 Å². The Balaban J connectivity index is 1.79. The van der Waals surface area contributed by atoms with Gasteiger partial charge >= 0.3 is 0 Å². The lowest BCUT2D eigenvalue weighted by Crippen LogP contribution is -2.11. The number of H-pyrrole nitrogens is 1. The maximum absolute atomic E-state index is 11.4. The number of benzene rings is 2. The zero-order valence-corrected chi connectivity index (χ0v) is 13.2. The van der Waals surface area contributed by atoms with E-state index in [1.165, 1.54) is 5.56 Å². The van der Waals surface area contributed by atoms with E-state index in [9.17, 15) is 4.79 Å². The molecule has 0 fully saturated rings. The number of amides is 1. The molecule has 0 atom stereocenters. The molecule has 0 aliphatic carbocycles. The SMILES string of the molecule is NC(=O)c1cccc2[nH]c(SCc3ccc(CCl)cc3)nc12. The molecule has 0 saturated carbocycles. The first-order chi connectivity index (χ1) is 10.7. The number of thioether (sulfide) groups is 1. The quantitative estimate of drug-likeness (QED) is 0.553. The normalized spacial score (nSPS) is 11.0. The van der Waals surface area contributed by atoms with Crippen LogP contribution in [0.1, 0.15) is 21.5 Å². The number of carbonyl (C=O) groups excluding carboxylic acids is 1. The highest BCUT2D eigenvalue weighted by atomic mass is 35.5. The van der Waals surface area contributed by atoms with Crippen LogP contribution in [-0.2, 0) is 11.6 Å². The molecule has 3 N–H and O–H groups in total. The van der Waals surface area contributed by atoms with Crippen LogP contribution < -0.4 is 5.73 Å². The van der Waals surface area contributed by atoms with Crippen molar-refractivity contribution in [2.45, 2.75) is 16.8 Å². The summed E-state index contributed by atoms with van der Waals surface area (Å²) < 4.78 is 0. The summed E-state index contributed by atoms with van der Waals surface area (Å²) in [5, 5.41) is 0.769. The van der Waals surface area contributed by atoms with E-state index in [1.807, 2.05) is 18.2 Å². The first kappa shape index (κ1) is 14.9. The third-order valence-corrected chi connectivity index (χ3v) is 4.56. The Morgan fingerprint density at radius 1 is 1.18 bits per heavy atom. The van der Waals surface area contributed by atoms with Gasteiger partial charge in [0.1, 0.15) is 5.52 Å².